The molecule has 368 valence electrons. The van der Waals surface area contributed by atoms with Crippen molar-refractivity contribution in [3.63, 3.8) is 0 Å². The number of esters is 2. The minimum atomic E-state index is -0.651. The molecule has 0 amide bonds. The zero-order valence-corrected chi connectivity index (χ0v) is 39.7. The van der Waals surface area contributed by atoms with E-state index in [1.54, 1.807) is 24.5 Å². The standard InChI is InChI=1S/2C24H29N7O4/c2*1-15-9-23(31-14-26-27-28-31)25-10-19(15)22(33)12-30-7-5-29(6-8-30)11-21(32)17-3-4-18-20(16(17)2)13-35-24(18)34/h2*3-4,9-10,14,21-22,32-33H,5-8,11-13H2,1-2H3/t21-,22+;21-,22-/m00/s1. The predicted molar refractivity (Wildman–Crippen MR) is 250 cm³/mol. The van der Waals surface area contributed by atoms with Crippen LogP contribution in [0.2, 0.25) is 0 Å². The molecule has 2 fully saturated rings. The largest absolute Gasteiger partial charge is 0.457 e. The van der Waals surface area contributed by atoms with Gasteiger partial charge in [0.15, 0.2) is 11.6 Å². The van der Waals surface area contributed by atoms with Gasteiger partial charge in [-0.3, -0.25) is 19.6 Å². The third-order valence-electron chi connectivity index (χ3n) is 13.9. The molecule has 6 aromatic rings. The third-order valence-corrected chi connectivity index (χ3v) is 13.9. The average Bonchev–Trinajstić information content (AvgIpc) is 4.21. The molecule has 70 heavy (non-hydrogen) atoms. The Bertz CT molecular complexity index is 2610. The van der Waals surface area contributed by atoms with Gasteiger partial charge in [-0.1, -0.05) is 12.1 Å². The first-order chi connectivity index (χ1) is 33.8. The highest BCUT2D eigenvalue weighted by Gasteiger charge is 2.30. The first-order valence-electron chi connectivity index (χ1n) is 23.4. The second-order valence-electron chi connectivity index (χ2n) is 18.3. The van der Waals surface area contributed by atoms with Gasteiger partial charge in [-0.25, -0.2) is 19.6 Å². The average molecular weight is 959 g/mol. The number of β-amino-alcohol motifs (C(OH)–C–C–N with tert-alkyl or cyclic N) is 4. The Labute approximate surface area is 404 Å². The van der Waals surface area contributed by atoms with Crippen molar-refractivity contribution in [2.24, 2.45) is 0 Å². The summed E-state index contributed by atoms with van der Waals surface area (Å²) in [5, 5.41) is 65.7. The van der Waals surface area contributed by atoms with Gasteiger partial charge in [-0.2, -0.15) is 9.36 Å². The lowest BCUT2D eigenvalue weighted by Crippen LogP contribution is -2.48. The number of tetrazole rings is 2. The summed E-state index contributed by atoms with van der Waals surface area (Å²) in [6, 6.07) is 10.9. The molecule has 0 aliphatic carbocycles. The van der Waals surface area contributed by atoms with Crippen LogP contribution >= 0.6 is 0 Å². The van der Waals surface area contributed by atoms with Crippen molar-refractivity contribution in [3.05, 3.63) is 128 Å². The number of benzene rings is 2. The minimum absolute atomic E-state index is 0.275. The van der Waals surface area contributed by atoms with E-state index in [0.29, 0.717) is 48.9 Å². The smallest absolute Gasteiger partial charge is 0.338 e. The summed E-state index contributed by atoms with van der Waals surface area (Å²) in [4.78, 5) is 41.2. The van der Waals surface area contributed by atoms with Gasteiger partial charge in [0.25, 0.3) is 0 Å². The normalized spacial score (nSPS) is 18.3. The van der Waals surface area contributed by atoms with Crippen LogP contribution in [0.15, 0.2) is 61.4 Å². The number of aryl methyl sites for hydroxylation is 2. The molecule has 0 spiro atoms. The van der Waals surface area contributed by atoms with Crippen molar-refractivity contribution in [2.45, 2.75) is 65.3 Å². The van der Waals surface area contributed by atoms with Gasteiger partial charge in [-0.05, 0) is 106 Å². The van der Waals surface area contributed by atoms with Gasteiger partial charge in [0, 0.05) is 113 Å². The molecule has 2 aromatic carbocycles. The Morgan fingerprint density at radius 2 is 0.857 bits per heavy atom. The molecule has 8 heterocycles. The molecule has 4 atom stereocenters. The maximum atomic E-state index is 11.8. The summed E-state index contributed by atoms with van der Waals surface area (Å²) < 4.78 is 13.2. The predicted octanol–water partition coefficient (Wildman–Crippen LogP) is 1.46. The fourth-order valence-corrected chi connectivity index (χ4v) is 9.72. The lowest BCUT2D eigenvalue weighted by Gasteiger charge is -2.36. The van der Waals surface area contributed by atoms with Gasteiger partial charge in [0.1, 0.15) is 25.9 Å². The lowest BCUT2D eigenvalue weighted by atomic mass is 9.95. The van der Waals surface area contributed by atoms with E-state index in [0.717, 1.165) is 108 Å². The highest BCUT2D eigenvalue weighted by atomic mass is 16.5. The maximum Gasteiger partial charge on any atom is 0.338 e. The minimum Gasteiger partial charge on any atom is -0.457 e. The summed E-state index contributed by atoms with van der Waals surface area (Å²) in [6.07, 6.45) is 3.75. The number of aliphatic hydroxyl groups excluding tert-OH is 4. The number of aromatic nitrogens is 10. The van der Waals surface area contributed by atoms with E-state index >= 15 is 0 Å². The second-order valence-corrected chi connectivity index (χ2v) is 18.3. The van der Waals surface area contributed by atoms with Gasteiger partial charge in [0.2, 0.25) is 0 Å². The summed E-state index contributed by atoms with van der Waals surface area (Å²) in [5.41, 5.74) is 9.91. The van der Waals surface area contributed by atoms with E-state index in [1.807, 2.05) is 52.0 Å². The van der Waals surface area contributed by atoms with Crippen molar-refractivity contribution in [2.75, 3.05) is 78.5 Å². The van der Waals surface area contributed by atoms with Crippen LogP contribution in [0, 0.1) is 27.7 Å². The summed E-state index contributed by atoms with van der Waals surface area (Å²) in [7, 11) is 0. The molecule has 2 saturated heterocycles. The number of fused-ring (bicyclic) bond motifs is 2. The molecule has 0 saturated carbocycles. The first-order valence-corrected chi connectivity index (χ1v) is 23.4. The number of carbonyl (C=O) groups is 2. The van der Waals surface area contributed by atoms with Crippen LogP contribution < -0.4 is 0 Å². The van der Waals surface area contributed by atoms with E-state index in [1.165, 1.54) is 22.0 Å². The van der Waals surface area contributed by atoms with Crippen molar-refractivity contribution in [1.82, 2.24) is 70.0 Å². The van der Waals surface area contributed by atoms with Crippen LogP contribution in [-0.4, -0.2) is 181 Å². The Hall–Kier alpha value is -6.50. The number of carbonyl (C=O) groups excluding carboxylic acids is 2. The Morgan fingerprint density at radius 3 is 1.17 bits per heavy atom. The summed E-state index contributed by atoms with van der Waals surface area (Å²) in [5.74, 6) is 0.621. The van der Waals surface area contributed by atoms with Crippen LogP contribution in [0.4, 0.5) is 0 Å². The Balaban J connectivity index is 0.000000174. The molecular weight excluding hydrogens is 901 g/mol. The lowest BCUT2D eigenvalue weighted by molar-refractivity contribution is 0.0478. The summed E-state index contributed by atoms with van der Waals surface area (Å²) in [6.45, 7) is 16.7. The number of cyclic esters (lactones) is 2. The van der Waals surface area contributed by atoms with Crippen LogP contribution in [0.5, 0.6) is 0 Å². The fraction of sp³-hybridized carbons (Fsp3) is 0.458. The summed E-state index contributed by atoms with van der Waals surface area (Å²) >= 11 is 0. The fourth-order valence-electron chi connectivity index (χ4n) is 9.72. The molecule has 4 aliphatic heterocycles. The van der Waals surface area contributed by atoms with Crippen molar-refractivity contribution < 1.29 is 39.5 Å². The molecule has 4 aliphatic rings. The monoisotopic (exact) mass is 958 g/mol. The molecule has 0 bridgehead atoms. The van der Waals surface area contributed by atoms with E-state index in [9.17, 15) is 30.0 Å². The van der Waals surface area contributed by atoms with Crippen molar-refractivity contribution >= 4 is 11.9 Å². The number of hydrogen-bond acceptors (Lipinski definition) is 20. The first kappa shape index (κ1) is 48.5. The number of rotatable bonds is 14. The number of ether oxygens (including phenoxy) is 2. The topological polar surface area (TPSA) is 259 Å². The number of pyridine rings is 2. The highest BCUT2D eigenvalue weighted by molar-refractivity contribution is 5.94. The quantitative estimate of drug-likeness (QED) is 0.113. The van der Waals surface area contributed by atoms with E-state index in [4.69, 9.17) is 9.47 Å². The molecular formula is C48H58N14O8. The van der Waals surface area contributed by atoms with E-state index in [2.05, 4.69) is 60.6 Å². The number of nitrogens with zero attached hydrogens (tertiary/aromatic N) is 14. The molecule has 4 aromatic heterocycles. The highest BCUT2D eigenvalue weighted by Crippen LogP contribution is 2.32. The number of piperazine rings is 2. The third kappa shape index (κ3) is 10.6. The van der Waals surface area contributed by atoms with Crippen LogP contribution in [0.3, 0.4) is 0 Å². The van der Waals surface area contributed by atoms with Crippen molar-refractivity contribution in [1.29, 1.82) is 0 Å². The molecule has 22 heteroatoms. The van der Waals surface area contributed by atoms with Crippen LogP contribution in [0.1, 0.15) is 101 Å². The number of aliphatic hydroxyl groups is 4. The SMILES string of the molecule is Cc1cc(-n2cnnn2)ncc1[C@@H](O)CN1CCN(C[C@H](O)c2ccc3c(c2C)COC3=O)CC1.Cc1cc(-n2cnnn2)ncc1[C@H](O)CN1CCN(C[C@H](O)c2ccc3c(c2C)COC3=O)CC1. The van der Waals surface area contributed by atoms with Crippen molar-refractivity contribution in [3.8, 4) is 11.6 Å². The van der Waals surface area contributed by atoms with Gasteiger partial charge >= 0.3 is 11.9 Å². The van der Waals surface area contributed by atoms with E-state index in [-0.39, 0.29) is 25.2 Å². The van der Waals surface area contributed by atoms with Gasteiger partial charge < -0.3 is 29.9 Å². The Morgan fingerprint density at radius 1 is 0.514 bits per heavy atom. The Kier molecular flexibility index (Phi) is 14.7. The van der Waals surface area contributed by atoms with E-state index < -0.39 is 24.4 Å². The van der Waals surface area contributed by atoms with Gasteiger partial charge in [-0.15, -0.1) is 10.2 Å². The maximum absolute atomic E-state index is 11.8. The number of hydrogen-bond donors (Lipinski definition) is 4. The zero-order valence-electron chi connectivity index (χ0n) is 39.7. The second kappa shape index (κ2) is 21.2. The van der Waals surface area contributed by atoms with Crippen LogP contribution in [0.25, 0.3) is 11.6 Å². The van der Waals surface area contributed by atoms with Gasteiger partial charge in [0.05, 0.1) is 35.5 Å². The molecule has 0 radical (unpaired) electrons. The molecule has 22 nitrogen and oxygen atoms in total. The zero-order chi connectivity index (χ0) is 49.1. The molecule has 0 unspecified atom stereocenters. The molecule has 4 N–H and O–H groups in total. The van der Waals surface area contributed by atoms with Crippen LogP contribution in [-0.2, 0) is 22.7 Å². The molecule has 10 rings (SSSR count).